The first kappa shape index (κ1) is 16.2. The third kappa shape index (κ3) is 3.94. The Morgan fingerprint density at radius 1 is 1.19 bits per heavy atom. The Balaban J connectivity index is 2.08. The molecule has 3 nitrogen and oxygen atoms in total. The second-order valence-corrected chi connectivity index (χ2v) is 7.60. The number of nitrogens with zero attached hydrogens (tertiary/aromatic N) is 1. The fraction of sp³-hybridized carbons (Fsp3) is 0.588. The summed E-state index contributed by atoms with van der Waals surface area (Å²) in [4.78, 5) is 14.4. The Kier molecular flexibility index (Phi) is 5.97. The van der Waals surface area contributed by atoms with Crippen molar-refractivity contribution in [3.63, 3.8) is 0 Å². The van der Waals surface area contributed by atoms with E-state index in [4.69, 9.17) is 0 Å². The standard InChI is InChI=1S/C17H25NO2S/c1-3-16(15-10-6-4-7-11-15)21(20)14(2)17(19)18-12-8-5-9-13-18/h4,6-7,10-11,14,16H,3,5,8-9,12-13H2,1-2H3/t14-,16-,21-/m1/s1. The van der Waals surface area contributed by atoms with Crippen molar-refractivity contribution in [2.45, 2.75) is 50.0 Å². The quantitative estimate of drug-likeness (QED) is 0.837. The summed E-state index contributed by atoms with van der Waals surface area (Å²) in [6.45, 7) is 5.50. The van der Waals surface area contributed by atoms with Crippen LogP contribution in [0.1, 0.15) is 50.3 Å². The fourth-order valence-electron chi connectivity index (χ4n) is 2.92. The molecule has 0 N–H and O–H groups in total. The molecule has 1 aromatic carbocycles. The summed E-state index contributed by atoms with van der Waals surface area (Å²) in [7, 11) is -1.18. The van der Waals surface area contributed by atoms with E-state index in [1.165, 1.54) is 6.42 Å². The first-order chi connectivity index (χ1) is 10.1. The maximum Gasteiger partial charge on any atom is 0.238 e. The van der Waals surface area contributed by atoms with Gasteiger partial charge in [0.1, 0.15) is 5.25 Å². The van der Waals surface area contributed by atoms with Crippen LogP contribution in [0.25, 0.3) is 0 Å². The van der Waals surface area contributed by atoms with Crippen LogP contribution in [-0.4, -0.2) is 33.4 Å². The zero-order valence-corrected chi connectivity index (χ0v) is 13.8. The molecule has 21 heavy (non-hydrogen) atoms. The Bertz CT molecular complexity index is 483. The lowest BCUT2D eigenvalue weighted by molar-refractivity contribution is -0.131. The van der Waals surface area contributed by atoms with E-state index in [1.807, 2.05) is 49.1 Å². The Hall–Kier alpha value is -1.16. The lowest BCUT2D eigenvalue weighted by Crippen LogP contribution is -2.43. The third-order valence-corrected chi connectivity index (χ3v) is 6.25. The molecule has 0 bridgehead atoms. The zero-order valence-electron chi connectivity index (χ0n) is 13.0. The highest BCUT2D eigenvalue weighted by Crippen LogP contribution is 2.27. The molecule has 1 heterocycles. The van der Waals surface area contributed by atoms with Crippen LogP contribution in [0.4, 0.5) is 0 Å². The summed E-state index contributed by atoms with van der Waals surface area (Å²) in [5.41, 5.74) is 1.07. The second-order valence-electron chi connectivity index (χ2n) is 5.66. The molecule has 0 aliphatic carbocycles. The first-order valence-electron chi connectivity index (χ1n) is 7.88. The lowest BCUT2D eigenvalue weighted by atomic mass is 10.1. The number of rotatable bonds is 5. The number of piperidine rings is 1. The van der Waals surface area contributed by atoms with E-state index < -0.39 is 16.0 Å². The Morgan fingerprint density at radius 2 is 1.81 bits per heavy atom. The van der Waals surface area contributed by atoms with Crippen LogP contribution in [0.2, 0.25) is 0 Å². The molecule has 0 spiro atoms. The van der Waals surface area contributed by atoms with Crippen LogP contribution in [-0.2, 0) is 15.6 Å². The van der Waals surface area contributed by atoms with Crippen molar-refractivity contribution in [1.82, 2.24) is 4.90 Å². The monoisotopic (exact) mass is 307 g/mol. The van der Waals surface area contributed by atoms with Gasteiger partial charge in [-0.1, -0.05) is 37.3 Å². The van der Waals surface area contributed by atoms with Gasteiger partial charge in [0.15, 0.2) is 0 Å². The summed E-state index contributed by atoms with van der Waals surface area (Å²) >= 11 is 0. The highest BCUT2D eigenvalue weighted by atomic mass is 32.2. The van der Waals surface area contributed by atoms with Crippen molar-refractivity contribution in [3.05, 3.63) is 35.9 Å². The zero-order chi connectivity index (χ0) is 15.2. The first-order valence-corrected chi connectivity index (χ1v) is 9.16. The molecule has 1 aliphatic rings. The van der Waals surface area contributed by atoms with Gasteiger partial charge in [-0.25, -0.2) is 0 Å². The molecule has 1 saturated heterocycles. The molecule has 4 heteroatoms. The van der Waals surface area contributed by atoms with Crippen molar-refractivity contribution >= 4 is 16.7 Å². The van der Waals surface area contributed by atoms with Crippen LogP contribution < -0.4 is 0 Å². The van der Waals surface area contributed by atoms with Gasteiger partial charge in [0.2, 0.25) is 5.91 Å². The predicted molar refractivity (Wildman–Crippen MR) is 87.5 cm³/mol. The van der Waals surface area contributed by atoms with Crippen molar-refractivity contribution in [2.24, 2.45) is 0 Å². The molecule has 1 aliphatic heterocycles. The number of hydrogen-bond acceptors (Lipinski definition) is 2. The largest absolute Gasteiger partial charge is 0.342 e. The fourth-order valence-corrected chi connectivity index (χ4v) is 4.51. The molecule has 0 radical (unpaired) electrons. The van der Waals surface area contributed by atoms with Gasteiger partial charge >= 0.3 is 0 Å². The van der Waals surface area contributed by atoms with Gasteiger partial charge in [-0.05, 0) is 38.2 Å². The van der Waals surface area contributed by atoms with Gasteiger partial charge in [-0.15, -0.1) is 0 Å². The number of hydrogen-bond donors (Lipinski definition) is 0. The maximum atomic E-state index is 12.8. The maximum absolute atomic E-state index is 12.8. The summed E-state index contributed by atoms with van der Waals surface area (Å²) in [6.07, 6.45) is 4.12. The average Bonchev–Trinajstić information content (AvgIpc) is 2.56. The van der Waals surface area contributed by atoms with E-state index in [0.717, 1.165) is 37.9 Å². The average molecular weight is 307 g/mol. The minimum Gasteiger partial charge on any atom is -0.342 e. The molecule has 3 atom stereocenters. The van der Waals surface area contributed by atoms with E-state index in [1.54, 1.807) is 0 Å². The Morgan fingerprint density at radius 3 is 2.38 bits per heavy atom. The smallest absolute Gasteiger partial charge is 0.238 e. The second kappa shape index (κ2) is 7.74. The van der Waals surface area contributed by atoms with Crippen molar-refractivity contribution < 1.29 is 9.00 Å². The molecule has 1 fully saturated rings. The van der Waals surface area contributed by atoms with Crippen LogP contribution in [0.3, 0.4) is 0 Å². The van der Waals surface area contributed by atoms with Gasteiger partial charge in [0, 0.05) is 23.9 Å². The van der Waals surface area contributed by atoms with Gasteiger partial charge in [-0.3, -0.25) is 9.00 Å². The number of amides is 1. The number of carbonyl (C=O) groups is 1. The molecule has 0 saturated carbocycles. The van der Waals surface area contributed by atoms with Crippen molar-refractivity contribution in [2.75, 3.05) is 13.1 Å². The summed E-state index contributed by atoms with van der Waals surface area (Å²) in [5.74, 6) is 0.0578. The minimum atomic E-state index is -1.18. The van der Waals surface area contributed by atoms with E-state index in [9.17, 15) is 9.00 Å². The number of carbonyl (C=O) groups excluding carboxylic acids is 1. The molecular formula is C17H25NO2S. The number of likely N-dealkylation sites (tertiary alicyclic amines) is 1. The van der Waals surface area contributed by atoms with Gasteiger partial charge in [0.05, 0.1) is 5.25 Å². The minimum absolute atomic E-state index is 0.0578. The van der Waals surface area contributed by atoms with E-state index in [2.05, 4.69) is 0 Å². The van der Waals surface area contributed by atoms with Crippen molar-refractivity contribution in [1.29, 1.82) is 0 Å². The molecule has 0 aromatic heterocycles. The van der Waals surface area contributed by atoms with E-state index in [-0.39, 0.29) is 11.2 Å². The SMILES string of the molecule is CC[C@H](c1ccccc1)[S@](=O)[C@H](C)C(=O)N1CCCCC1. The number of benzene rings is 1. The molecule has 0 unspecified atom stereocenters. The predicted octanol–water partition coefficient (Wildman–Crippen LogP) is 3.29. The summed E-state index contributed by atoms with van der Waals surface area (Å²) in [5, 5.41) is -0.483. The summed E-state index contributed by atoms with van der Waals surface area (Å²) in [6, 6.07) is 9.90. The highest BCUT2D eigenvalue weighted by Gasteiger charge is 2.30. The van der Waals surface area contributed by atoms with Crippen LogP contribution in [0.15, 0.2) is 30.3 Å². The molecule has 2 rings (SSSR count). The van der Waals surface area contributed by atoms with Crippen LogP contribution in [0.5, 0.6) is 0 Å². The van der Waals surface area contributed by atoms with Gasteiger partial charge in [0.25, 0.3) is 0 Å². The Labute approximate surface area is 130 Å². The third-order valence-electron chi connectivity index (χ3n) is 4.19. The van der Waals surface area contributed by atoms with Crippen LogP contribution >= 0.6 is 0 Å². The van der Waals surface area contributed by atoms with Crippen LogP contribution in [0, 0.1) is 0 Å². The molecular weight excluding hydrogens is 282 g/mol. The normalized spacial score (nSPS) is 19.8. The molecule has 1 aromatic rings. The topological polar surface area (TPSA) is 37.4 Å². The molecule has 1 amide bonds. The summed E-state index contributed by atoms with van der Waals surface area (Å²) < 4.78 is 12.8. The molecule has 116 valence electrons. The van der Waals surface area contributed by atoms with Gasteiger partial charge < -0.3 is 4.90 Å². The van der Waals surface area contributed by atoms with E-state index in [0.29, 0.717) is 0 Å². The van der Waals surface area contributed by atoms with Crippen molar-refractivity contribution in [3.8, 4) is 0 Å². The van der Waals surface area contributed by atoms with E-state index >= 15 is 0 Å². The highest BCUT2D eigenvalue weighted by molar-refractivity contribution is 7.86. The van der Waals surface area contributed by atoms with Gasteiger partial charge in [-0.2, -0.15) is 0 Å². The lowest BCUT2D eigenvalue weighted by Gasteiger charge is -2.30.